The number of hydrogen-bond donors (Lipinski definition) is 1. The van der Waals surface area contributed by atoms with Crippen molar-refractivity contribution >= 4 is 16.9 Å². The van der Waals surface area contributed by atoms with Crippen LogP contribution in [0.15, 0.2) is 33.9 Å². The summed E-state index contributed by atoms with van der Waals surface area (Å²) in [5.41, 5.74) is 3.35. The lowest BCUT2D eigenvalue weighted by atomic mass is 10.1. The van der Waals surface area contributed by atoms with Crippen molar-refractivity contribution in [1.82, 2.24) is 19.4 Å². The molecule has 0 saturated heterocycles. The fourth-order valence-electron chi connectivity index (χ4n) is 3.29. The number of carbonyl (C=O) groups is 1. The van der Waals surface area contributed by atoms with E-state index in [1.54, 1.807) is 13.0 Å². The third kappa shape index (κ3) is 3.40. The molecule has 7 nitrogen and oxygen atoms in total. The molecule has 7 heteroatoms. The number of amides is 1. The van der Waals surface area contributed by atoms with E-state index in [2.05, 4.69) is 16.4 Å². The molecule has 140 valence electrons. The lowest BCUT2D eigenvalue weighted by Crippen LogP contribution is -2.38. The van der Waals surface area contributed by atoms with Crippen LogP contribution in [0.3, 0.4) is 0 Å². The minimum absolute atomic E-state index is 0.174. The van der Waals surface area contributed by atoms with Gasteiger partial charge in [0.25, 0.3) is 11.5 Å². The third-order valence-corrected chi connectivity index (χ3v) is 4.57. The molecule has 0 aliphatic heterocycles. The van der Waals surface area contributed by atoms with Crippen molar-refractivity contribution in [2.45, 2.75) is 27.3 Å². The second kappa shape index (κ2) is 6.83. The quantitative estimate of drug-likeness (QED) is 0.761. The van der Waals surface area contributed by atoms with Gasteiger partial charge in [-0.15, -0.1) is 0 Å². The summed E-state index contributed by atoms with van der Waals surface area (Å²) < 4.78 is 2.32. The van der Waals surface area contributed by atoms with Gasteiger partial charge in [0.1, 0.15) is 11.3 Å². The first-order valence-electron chi connectivity index (χ1n) is 8.61. The van der Waals surface area contributed by atoms with Crippen LogP contribution in [0.1, 0.15) is 32.7 Å². The number of nitrogens with one attached hydrogen (secondary N) is 1. The summed E-state index contributed by atoms with van der Waals surface area (Å²) in [6.07, 6.45) is 0. The highest BCUT2D eigenvalue weighted by Crippen LogP contribution is 2.13. The zero-order valence-corrected chi connectivity index (χ0v) is 16.1. The van der Waals surface area contributed by atoms with Crippen LogP contribution in [0, 0.1) is 20.8 Å². The topological polar surface area (TPSA) is 86.0 Å². The zero-order chi connectivity index (χ0) is 19.9. The van der Waals surface area contributed by atoms with Crippen LogP contribution in [0.2, 0.25) is 0 Å². The lowest BCUT2D eigenvalue weighted by Gasteiger charge is -2.11. The summed E-state index contributed by atoms with van der Waals surface area (Å²) in [6, 6.07) is 7.67. The third-order valence-electron chi connectivity index (χ3n) is 4.57. The first-order valence-corrected chi connectivity index (χ1v) is 8.61. The van der Waals surface area contributed by atoms with Gasteiger partial charge in [0.15, 0.2) is 0 Å². The number of pyridine rings is 1. The number of fused-ring (bicyclic) bond motifs is 1. The molecule has 0 unspecified atom stereocenters. The highest BCUT2D eigenvalue weighted by atomic mass is 16.2. The number of nitrogens with zero attached hydrogens (tertiary/aromatic N) is 3. The normalized spacial score (nSPS) is 11.0. The Morgan fingerprint density at radius 3 is 2.26 bits per heavy atom. The fraction of sp³-hybridized carbons (Fsp3) is 0.300. The van der Waals surface area contributed by atoms with Crippen LogP contribution in [0.5, 0.6) is 0 Å². The van der Waals surface area contributed by atoms with Crippen molar-refractivity contribution in [3.8, 4) is 0 Å². The molecule has 1 amide bonds. The lowest BCUT2D eigenvalue weighted by molar-refractivity contribution is 0.0946. The molecule has 1 N–H and O–H groups in total. The fourth-order valence-corrected chi connectivity index (χ4v) is 3.29. The molecule has 3 rings (SSSR count). The summed E-state index contributed by atoms with van der Waals surface area (Å²) in [5, 5.41) is 3.19. The van der Waals surface area contributed by atoms with Crippen LogP contribution in [-0.2, 0) is 20.6 Å². The van der Waals surface area contributed by atoms with Gasteiger partial charge >= 0.3 is 5.69 Å². The van der Waals surface area contributed by atoms with Gasteiger partial charge in [0.05, 0.1) is 5.39 Å². The van der Waals surface area contributed by atoms with Crippen LogP contribution in [0.25, 0.3) is 11.0 Å². The van der Waals surface area contributed by atoms with E-state index in [0.29, 0.717) is 17.5 Å². The van der Waals surface area contributed by atoms with Gasteiger partial charge in [-0.1, -0.05) is 29.3 Å². The van der Waals surface area contributed by atoms with Gasteiger partial charge in [-0.05, 0) is 38.0 Å². The molecule has 0 saturated carbocycles. The van der Waals surface area contributed by atoms with Gasteiger partial charge < -0.3 is 5.32 Å². The van der Waals surface area contributed by atoms with E-state index in [0.717, 1.165) is 21.3 Å². The van der Waals surface area contributed by atoms with E-state index < -0.39 is 11.2 Å². The SMILES string of the molecule is Cc1cc(C)cc(CNC(=O)c2cc(C)c3c(=O)n(C)c(=O)n(C)c3n2)c1. The molecule has 0 aliphatic rings. The van der Waals surface area contributed by atoms with Gasteiger partial charge in [-0.2, -0.15) is 0 Å². The van der Waals surface area contributed by atoms with Crippen molar-refractivity contribution in [3.63, 3.8) is 0 Å². The summed E-state index contributed by atoms with van der Waals surface area (Å²) in [6.45, 7) is 6.12. The summed E-state index contributed by atoms with van der Waals surface area (Å²) in [5.74, 6) is -0.354. The Morgan fingerprint density at radius 2 is 1.63 bits per heavy atom. The molecular weight excluding hydrogens is 344 g/mol. The molecule has 0 radical (unpaired) electrons. The number of carbonyl (C=O) groups excluding carboxylic acids is 1. The predicted molar refractivity (Wildman–Crippen MR) is 104 cm³/mol. The highest BCUT2D eigenvalue weighted by molar-refractivity contribution is 5.95. The number of aromatic nitrogens is 3. The van der Waals surface area contributed by atoms with Crippen LogP contribution in [0.4, 0.5) is 0 Å². The molecule has 2 heterocycles. The Kier molecular flexibility index (Phi) is 4.70. The Hall–Kier alpha value is -3.22. The van der Waals surface area contributed by atoms with Crippen LogP contribution >= 0.6 is 0 Å². The Bertz CT molecular complexity index is 1170. The maximum atomic E-state index is 12.6. The van der Waals surface area contributed by atoms with Crippen molar-refractivity contribution in [1.29, 1.82) is 0 Å². The number of benzene rings is 1. The van der Waals surface area contributed by atoms with Gasteiger partial charge in [-0.25, -0.2) is 9.78 Å². The second-order valence-corrected chi connectivity index (χ2v) is 6.91. The maximum absolute atomic E-state index is 12.6. The van der Waals surface area contributed by atoms with Gasteiger partial charge in [0, 0.05) is 20.6 Å². The molecule has 0 spiro atoms. The van der Waals surface area contributed by atoms with Crippen molar-refractivity contribution in [2.75, 3.05) is 0 Å². The average molecular weight is 366 g/mol. The molecule has 0 aliphatic carbocycles. The summed E-state index contributed by atoms with van der Waals surface area (Å²) >= 11 is 0. The Balaban J connectivity index is 1.98. The number of aryl methyl sites for hydroxylation is 4. The second-order valence-electron chi connectivity index (χ2n) is 6.91. The zero-order valence-electron chi connectivity index (χ0n) is 16.1. The van der Waals surface area contributed by atoms with Crippen LogP contribution < -0.4 is 16.6 Å². The largest absolute Gasteiger partial charge is 0.347 e. The molecule has 0 atom stereocenters. The molecule has 3 aromatic rings. The number of rotatable bonds is 3. The van der Waals surface area contributed by atoms with Crippen molar-refractivity contribution < 1.29 is 4.79 Å². The van der Waals surface area contributed by atoms with E-state index in [9.17, 15) is 14.4 Å². The van der Waals surface area contributed by atoms with E-state index in [1.807, 2.05) is 26.0 Å². The molecule has 0 fully saturated rings. The molecule has 27 heavy (non-hydrogen) atoms. The smallest absolute Gasteiger partial charge is 0.332 e. The summed E-state index contributed by atoms with van der Waals surface area (Å²) in [7, 11) is 2.96. The van der Waals surface area contributed by atoms with Crippen LogP contribution in [-0.4, -0.2) is 20.0 Å². The van der Waals surface area contributed by atoms with E-state index in [1.165, 1.54) is 18.7 Å². The average Bonchev–Trinajstić information content (AvgIpc) is 2.61. The first kappa shape index (κ1) is 18.6. The molecular formula is C20H22N4O3. The Morgan fingerprint density at radius 1 is 1.00 bits per heavy atom. The molecule has 1 aromatic carbocycles. The van der Waals surface area contributed by atoms with E-state index in [4.69, 9.17) is 0 Å². The molecule has 0 bridgehead atoms. The number of hydrogen-bond acceptors (Lipinski definition) is 4. The first-order chi connectivity index (χ1) is 12.7. The minimum Gasteiger partial charge on any atom is -0.347 e. The van der Waals surface area contributed by atoms with Gasteiger partial charge in [-0.3, -0.25) is 18.7 Å². The van der Waals surface area contributed by atoms with Crippen molar-refractivity contribution in [2.24, 2.45) is 14.1 Å². The van der Waals surface area contributed by atoms with Crippen molar-refractivity contribution in [3.05, 3.63) is 73.1 Å². The van der Waals surface area contributed by atoms with Gasteiger partial charge in [0.2, 0.25) is 0 Å². The highest BCUT2D eigenvalue weighted by Gasteiger charge is 2.16. The molecule has 2 aromatic heterocycles. The van der Waals surface area contributed by atoms with E-state index in [-0.39, 0.29) is 17.2 Å². The Labute approximate surface area is 156 Å². The standard InChI is InChI=1S/C20H22N4O3/c1-11-6-12(2)8-14(7-11)10-21-18(25)15-9-13(3)16-17(22-15)23(4)20(27)24(5)19(16)26/h6-9H,10H2,1-5H3,(H,21,25). The minimum atomic E-state index is -0.479. The maximum Gasteiger partial charge on any atom is 0.332 e. The predicted octanol–water partition coefficient (Wildman–Crippen LogP) is 1.49. The van der Waals surface area contributed by atoms with E-state index >= 15 is 0 Å². The summed E-state index contributed by atoms with van der Waals surface area (Å²) in [4.78, 5) is 41.4. The monoisotopic (exact) mass is 366 g/mol.